The fourth-order valence-corrected chi connectivity index (χ4v) is 3.97. The van der Waals surface area contributed by atoms with Crippen LogP contribution in [0.4, 0.5) is 11.5 Å². The minimum Gasteiger partial charge on any atom is -0.305 e. The highest BCUT2D eigenvalue weighted by atomic mass is 32.2. The van der Waals surface area contributed by atoms with Gasteiger partial charge in [0.1, 0.15) is 5.03 Å². The standard InChI is InChI=1S/C20H28N4O3S2/c1-4-5-6-7-10-13-28-19-15-21-18(14-22-19)23-20(25)16-11-8-9-12-17(16)24(2)29(3,26)27/h8-9,11-12,14-15H,4-7,10,13H2,1-3H3,(H,21,23,25). The van der Waals surface area contributed by atoms with Crippen molar-refractivity contribution in [3.05, 3.63) is 42.2 Å². The maximum Gasteiger partial charge on any atom is 0.258 e. The molecule has 0 aliphatic rings. The van der Waals surface area contributed by atoms with Crippen molar-refractivity contribution in [3.63, 3.8) is 0 Å². The number of unbranched alkanes of at least 4 members (excludes halogenated alkanes) is 4. The van der Waals surface area contributed by atoms with Gasteiger partial charge in [0.15, 0.2) is 5.82 Å². The summed E-state index contributed by atoms with van der Waals surface area (Å²) in [5, 5.41) is 3.49. The second kappa shape index (κ2) is 11.2. The van der Waals surface area contributed by atoms with Gasteiger partial charge in [-0.25, -0.2) is 18.4 Å². The van der Waals surface area contributed by atoms with E-state index in [9.17, 15) is 13.2 Å². The van der Waals surface area contributed by atoms with Crippen molar-refractivity contribution in [2.24, 2.45) is 0 Å². The van der Waals surface area contributed by atoms with Gasteiger partial charge in [-0.05, 0) is 24.3 Å². The number of hydrogen-bond acceptors (Lipinski definition) is 6. The Hall–Kier alpha value is -2.13. The third-order valence-corrected chi connectivity index (χ3v) is 6.54. The summed E-state index contributed by atoms with van der Waals surface area (Å²) < 4.78 is 24.7. The monoisotopic (exact) mass is 436 g/mol. The van der Waals surface area contributed by atoms with Crippen LogP contribution >= 0.6 is 11.8 Å². The molecule has 1 amide bonds. The van der Waals surface area contributed by atoms with E-state index in [0.29, 0.717) is 11.5 Å². The van der Waals surface area contributed by atoms with Crippen molar-refractivity contribution in [1.82, 2.24) is 9.97 Å². The van der Waals surface area contributed by atoms with Gasteiger partial charge in [-0.1, -0.05) is 44.7 Å². The third kappa shape index (κ3) is 7.32. The van der Waals surface area contributed by atoms with Crippen LogP contribution in [0.3, 0.4) is 0 Å². The second-order valence-electron chi connectivity index (χ2n) is 6.70. The number of nitrogens with zero attached hydrogens (tertiary/aromatic N) is 3. The Morgan fingerprint density at radius 1 is 1.10 bits per heavy atom. The summed E-state index contributed by atoms with van der Waals surface area (Å²) in [7, 11) is -2.07. The molecule has 0 unspecified atom stereocenters. The Morgan fingerprint density at radius 2 is 1.83 bits per heavy atom. The molecule has 0 atom stereocenters. The average molecular weight is 437 g/mol. The highest BCUT2D eigenvalue weighted by molar-refractivity contribution is 7.99. The minimum atomic E-state index is -3.48. The van der Waals surface area contributed by atoms with Gasteiger partial charge >= 0.3 is 0 Å². The first-order valence-electron chi connectivity index (χ1n) is 9.62. The minimum absolute atomic E-state index is 0.243. The van der Waals surface area contributed by atoms with Crippen LogP contribution in [0, 0.1) is 0 Å². The number of anilines is 2. The molecule has 0 aliphatic heterocycles. The van der Waals surface area contributed by atoms with Crippen LogP contribution in [-0.4, -0.2) is 43.3 Å². The maximum absolute atomic E-state index is 12.6. The molecule has 1 N–H and O–H groups in total. The molecule has 0 fully saturated rings. The van der Waals surface area contributed by atoms with Crippen molar-refractivity contribution in [3.8, 4) is 0 Å². The third-order valence-electron chi connectivity index (χ3n) is 4.35. The van der Waals surface area contributed by atoms with Crippen LogP contribution in [0.5, 0.6) is 0 Å². The molecule has 29 heavy (non-hydrogen) atoms. The van der Waals surface area contributed by atoms with Gasteiger partial charge < -0.3 is 5.32 Å². The van der Waals surface area contributed by atoms with Crippen LogP contribution < -0.4 is 9.62 Å². The smallest absolute Gasteiger partial charge is 0.258 e. The van der Waals surface area contributed by atoms with Crippen LogP contribution in [0.1, 0.15) is 49.4 Å². The summed E-state index contributed by atoms with van der Waals surface area (Å²) >= 11 is 1.65. The Kier molecular flexibility index (Phi) is 8.91. The number of thioether (sulfide) groups is 1. The van der Waals surface area contributed by atoms with Gasteiger partial charge in [0.2, 0.25) is 10.0 Å². The Bertz CT molecular complexity index is 902. The highest BCUT2D eigenvalue weighted by Crippen LogP contribution is 2.23. The van der Waals surface area contributed by atoms with E-state index in [2.05, 4.69) is 22.2 Å². The normalized spacial score (nSPS) is 11.3. The fourth-order valence-electron chi connectivity index (χ4n) is 2.64. The SMILES string of the molecule is CCCCCCCSc1cnc(NC(=O)c2ccccc2N(C)S(C)(=O)=O)cn1. The van der Waals surface area contributed by atoms with E-state index in [-0.39, 0.29) is 5.56 Å². The largest absolute Gasteiger partial charge is 0.305 e. The van der Waals surface area contributed by atoms with E-state index in [0.717, 1.165) is 27.8 Å². The van der Waals surface area contributed by atoms with Gasteiger partial charge in [0, 0.05) is 7.05 Å². The van der Waals surface area contributed by atoms with Gasteiger partial charge in [-0.3, -0.25) is 9.10 Å². The van der Waals surface area contributed by atoms with Gasteiger partial charge in [-0.2, -0.15) is 0 Å². The number of nitrogens with one attached hydrogen (secondary N) is 1. The van der Waals surface area contributed by atoms with E-state index in [1.54, 1.807) is 42.2 Å². The molecule has 2 aromatic rings. The summed E-state index contributed by atoms with van der Waals surface area (Å²) in [5.74, 6) is 0.871. The lowest BCUT2D eigenvalue weighted by Crippen LogP contribution is -2.27. The molecule has 1 aromatic carbocycles. The summed E-state index contributed by atoms with van der Waals surface area (Å²) in [6, 6.07) is 6.52. The van der Waals surface area contributed by atoms with Crippen LogP contribution in [0.25, 0.3) is 0 Å². The first-order chi connectivity index (χ1) is 13.8. The number of sulfonamides is 1. The highest BCUT2D eigenvalue weighted by Gasteiger charge is 2.19. The lowest BCUT2D eigenvalue weighted by molar-refractivity contribution is 0.102. The first-order valence-corrected chi connectivity index (χ1v) is 12.5. The van der Waals surface area contributed by atoms with Crippen molar-refractivity contribution in [2.45, 2.75) is 44.1 Å². The van der Waals surface area contributed by atoms with Gasteiger partial charge in [0.25, 0.3) is 5.91 Å². The molecule has 0 radical (unpaired) electrons. The summed E-state index contributed by atoms with van der Waals surface area (Å²) in [6.07, 6.45) is 10.4. The molecular formula is C20H28N4O3S2. The van der Waals surface area contributed by atoms with Crippen molar-refractivity contribution in [2.75, 3.05) is 28.7 Å². The van der Waals surface area contributed by atoms with E-state index < -0.39 is 15.9 Å². The Morgan fingerprint density at radius 3 is 2.48 bits per heavy atom. The number of amides is 1. The molecule has 2 rings (SSSR count). The summed E-state index contributed by atoms with van der Waals surface area (Å²) in [5.41, 5.74) is 0.545. The Labute approximate surface area is 177 Å². The zero-order chi connectivity index (χ0) is 21.3. The lowest BCUT2D eigenvalue weighted by Gasteiger charge is -2.19. The number of benzene rings is 1. The van der Waals surface area contributed by atoms with Crippen molar-refractivity contribution in [1.29, 1.82) is 0 Å². The van der Waals surface area contributed by atoms with E-state index in [4.69, 9.17) is 0 Å². The average Bonchev–Trinajstić information content (AvgIpc) is 2.70. The van der Waals surface area contributed by atoms with E-state index in [1.807, 2.05) is 0 Å². The van der Waals surface area contributed by atoms with Crippen LogP contribution in [0.15, 0.2) is 41.7 Å². The predicted molar refractivity (Wildman–Crippen MR) is 119 cm³/mol. The molecule has 0 spiro atoms. The maximum atomic E-state index is 12.6. The number of carbonyl (C=O) groups is 1. The number of carbonyl (C=O) groups excluding carboxylic acids is 1. The van der Waals surface area contributed by atoms with Gasteiger partial charge in [0.05, 0.1) is 29.9 Å². The second-order valence-corrected chi connectivity index (χ2v) is 9.83. The topological polar surface area (TPSA) is 92.3 Å². The fraction of sp³-hybridized carbons (Fsp3) is 0.450. The molecule has 7 nitrogen and oxygen atoms in total. The number of rotatable bonds is 11. The summed E-state index contributed by atoms with van der Waals surface area (Å²) in [6.45, 7) is 2.20. The van der Waals surface area contributed by atoms with Crippen molar-refractivity contribution < 1.29 is 13.2 Å². The number of hydrogen-bond donors (Lipinski definition) is 1. The van der Waals surface area contributed by atoms with E-state index in [1.165, 1.54) is 38.9 Å². The van der Waals surface area contributed by atoms with Crippen LogP contribution in [-0.2, 0) is 10.0 Å². The van der Waals surface area contributed by atoms with Crippen molar-refractivity contribution >= 4 is 39.2 Å². The molecular weight excluding hydrogens is 408 g/mol. The molecule has 0 saturated heterocycles. The van der Waals surface area contributed by atoms with E-state index >= 15 is 0 Å². The first kappa shape index (κ1) is 23.2. The molecule has 0 aliphatic carbocycles. The number of para-hydroxylation sites is 1. The summed E-state index contributed by atoms with van der Waals surface area (Å²) in [4.78, 5) is 21.2. The molecule has 1 heterocycles. The molecule has 158 valence electrons. The predicted octanol–water partition coefficient (Wildman–Crippen LogP) is 4.19. The quantitative estimate of drug-likeness (QED) is 0.419. The molecule has 0 bridgehead atoms. The zero-order valence-electron chi connectivity index (χ0n) is 17.1. The molecule has 9 heteroatoms. The Balaban J connectivity index is 1.96. The van der Waals surface area contributed by atoms with Crippen LogP contribution in [0.2, 0.25) is 0 Å². The number of aromatic nitrogens is 2. The lowest BCUT2D eigenvalue weighted by atomic mass is 10.1. The van der Waals surface area contributed by atoms with Gasteiger partial charge in [-0.15, -0.1) is 11.8 Å². The molecule has 1 aromatic heterocycles. The zero-order valence-corrected chi connectivity index (χ0v) is 18.7. The molecule has 0 saturated carbocycles.